The van der Waals surface area contributed by atoms with E-state index < -0.39 is 0 Å². The number of halogens is 1. The van der Waals surface area contributed by atoms with Gasteiger partial charge in [-0.05, 0) is 54.2 Å². The van der Waals surface area contributed by atoms with Gasteiger partial charge in [0, 0.05) is 17.7 Å². The number of rotatable bonds is 20. The molecule has 1 amide bonds. The van der Waals surface area contributed by atoms with Gasteiger partial charge in [-0.1, -0.05) is 135 Å². The average Bonchev–Trinajstić information content (AvgIpc) is 3.42. The van der Waals surface area contributed by atoms with Crippen LogP contribution >= 0.6 is 11.3 Å². The van der Waals surface area contributed by atoms with E-state index in [0.717, 1.165) is 36.6 Å². The van der Waals surface area contributed by atoms with Crippen molar-refractivity contribution in [2.75, 3.05) is 11.5 Å². The second kappa shape index (κ2) is 20.8. The largest absolute Gasteiger partial charge is 1.00 e. The van der Waals surface area contributed by atoms with E-state index in [4.69, 9.17) is 4.74 Å². The van der Waals surface area contributed by atoms with Gasteiger partial charge in [0.2, 0.25) is 11.4 Å². The van der Waals surface area contributed by atoms with Gasteiger partial charge in [-0.3, -0.25) is 4.79 Å². The lowest BCUT2D eigenvalue weighted by Crippen LogP contribution is -3.00. The zero-order chi connectivity index (χ0) is 31.8. The van der Waals surface area contributed by atoms with Gasteiger partial charge in [0.05, 0.1) is 18.0 Å². The van der Waals surface area contributed by atoms with E-state index >= 15 is 0 Å². The Morgan fingerprint density at radius 2 is 1.40 bits per heavy atom. The molecule has 4 nitrogen and oxygen atoms in total. The summed E-state index contributed by atoms with van der Waals surface area (Å²) in [4.78, 5) is 16.3. The van der Waals surface area contributed by atoms with E-state index in [1.165, 1.54) is 86.6 Å². The Balaban J connectivity index is 0.00000705. The lowest BCUT2D eigenvalue weighted by molar-refractivity contribution is -0.683. The highest BCUT2D eigenvalue weighted by Crippen LogP contribution is 2.33. The number of aryl methyl sites for hydroxylation is 1. The quantitative estimate of drug-likeness (QED) is 0.0895. The third kappa shape index (κ3) is 14.0. The zero-order valence-corrected chi connectivity index (χ0v) is 31.4. The van der Waals surface area contributed by atoms with Gasteiger partial charge in [0.1, 0.15) is 5.75 Å². The molecular formula is C39H59BrN2O2S. The number of nitrogens with zero attached hydrogens (tertiary/aromatic N) is 2. The van der Waals surface area contributed by atoms with Crippen LogP contribution in [-0.4, -0.2) is 12.5 Å². The van der Waals surface area contributed by atoms with Gasteiger partial charge in [-0.2, -0.15) is 4.57 Å². The van der Waals surface area contributed by atoms with Crippen LogP contribution in [0.2, 0.25) is 0 Å². The van der Waals surface area contributed by atoms with E-state index in [0.29, 0.717) is 13.0 Å². The monoisotopic (exact) mass is 698 g/mol. The number of thiazole rings is 1. The first kappa shape index (κ1) is 39.0. The number of anilines is 1. The maximum Gasteiger partial charge on any atom is 0.227 e. The van der Waals surface area contributed by atoms with Gasteiger partial charge in [-0.15, -0.1) is 0 Å². The number of hydrogen-bond acceptors (Lipinski definition) is 3. The Labute approximate surface area is 289 Å². The van der Waals surface area contributed by atoms with Crippen LogP contribution in [0.1, 0.15) is 140 Å². The Kier molecular flexibility index (Phi) is 18.1. The predicted molar refractivity (Wildman–Crippen MR) is 188 cm³/mol. The molecule has 0 spiro atoms. The molecule has 6 heteroatoms. The third-order valence-electron chi connectivity index (χ3n) is 8.39. The van der Waals surface area contributed by atoms with Gasteiger partial charge < -0.3 is 26.6 Å². The second-order valence-corrected chi connectivity index (χ2v) is 14.5. The average molecular weight is 700 g/mol. The molecule has 0 saturated carbocycles. The standard InChI is InChI=1S/C39H59N2O2S.BrH/c1-7-9-10-11-12-13-14-15-16-17-18-19-26-43-37-25-22-34(27-36(37)39(4,5)6)30-41(38(42)8-2)35-23-20-33(21-24-35)29-40-28-32(3)44-31-40;/h20-25,27-28,31H,7-19,26,29-30H2,1-6H3;1H/q+1;/p-1. The first-order valence-electron chi connectivity index (χ1n) is 17.3. The number of carbonyl (C=O) groups is 1. The summed E-state index contributed by atoms with van der Waals surface area (Å²) in [5.41, 5.74) is 6.59. The van der Waals surface area contributed by atoms with Gasteiger partial charge in [0.15, 0.2) is 12.7 Å². The molecule has 250 valence electrons. The maximum absolute atomic E-state index is 13.1. The number of carbonyl (C=O) groups excluding carboxylic acids is 1. The Hall–Kier alpha value is -2.18. The molecule has 1 heterocycles. The van der Waals surface area contributed by atoms with Crippen LogP contribution < -0.4 is 31.2 Å². The summed E-state index contributed by atoms with van der Waals surface area (Å²) in [6, 6.07) is 14.9. The fraction of sp³-hybridized carbons (Fsp3) is 0.590. The molecule has 0 aliphatic rings. The fourth-order valence-corrected chi connectivity index (χ4v) is 6.36. The summed E-state index contributed by atoms with van der Waals surface area (Å²) >= 11 is 1.76. The summed E-state index contributed by atoms with van der Waals surface area (Å²) in [6.07, 6.45) is 18.8. The van der Waals surface area contributed by atoms with Crippen LogP contribution in [0.3, 0.4) is 0 Å². The molecule has 45 heavy (non-hydrogen) atoms. The van der Waals surface area contributed by atoms with Crippen LogP contribution in [0.5, 0.6) is 5.75 Å². The second-order valence-electron chi connectivity index (χ2n) is 13.5. The third-order valence-corrected chi connectivity index (χ3v) is 9.24. The highest BCUT2D eigenvalue weighted by Gasteiger charge is 2.22. The fourth-order valence-electron chi connectivity index (χ4n) is 5.73. The minimum absolute atomic E-state index is 0. The zero-order valence-electron chi connectivity index (χ0n) is 29.0. The number of amides is 1. The normalized spacial score (nSPS) is 11.3. The number of aromatic nitrogens is 1. The van der Waals surface area contributed by atoms with Crippen molar-refractivity contribution in [2.24, 2.45) is 0 Å². The number of hydrogen-bond donors (Lipinski definition) is 0. The first-order chi connectivity index (χ1) is 21.2. The van der Waals surface area contributed by atoms with E-state index in [2.05, 4.69) is 93.4 Å². The van der Waals surface area contributed by atoms with Gasteiger partial charge >= 0.3 is 0 Å². The van der Waals surface area contributed by atoms with E-state index in [1.807, 2.05) is 11.8 Å². The molecule has 0 bridgehead atoms. The Bertz CT molecular complexity index is 1250. The minimum Gasteiger partial charge on any atom is -1.00 e. The number of unbranched alkanes of at least 4 members (excludes halogenated alkanes) is 11. The molecule has 0 saturated heterocycles. The van der Waals surface area contributed by atoms with Crippen LogP contribution in [0.4, 0.5) is 5.69 Å². The first-order valence-corrected chi connectivity index (χ1v) is 18.2. The summed E-state index contributed by atoms with van der Waals surface area (Å²) in [5, 5.41) is 0. The van der Waals surface area contributed by atoms with Gasteiger partial charge in [-0.25, -0.2) is 0 Å². The summed E-state index contributed by atoms with van der Waals surface area (Å²) < 4.78 is 8.56. The van der Waals surface area contributed by atoms with Crippen LogP contribution in [0, 0.1) is 6.92 Å². The summed E-state index contributed by atoms with van der Waals surface area (Å²) in [7, 11) is 0. The predicted octanol–water partition coefficient (Wildman–Crippen LogP) is 7.72. The summed E-state index contributed by atoms with van der Waals surface area (Å²) in [6.45, 7) is 15.2. The topological polar surface area (TPSA) is 33.4 Å². The van der Waals surface area contributed by atoms with Crippen molar-refractivity contribution < 1.29 is 31.1 Å². The molecule has 1 aromatic heterocycles. The molecule has 0 atom stereocenters. The van der Waals surface area contributed by atoms with Crippen LogP contribution in [0.25, 0.3) is 0 Å². The van der Waals surface area contributed by atoms with Crippen molar-refractivity contribution in [3.8, 4) is 5.75 Å². The molecule has 0 aliphatic carbocycles. The SMILES string of the molecule is CCCCCCCCCCCCCCOc1ccc(CN(C(=O)CC)c2ccc(C[n+]3csc(C)c3)cc2)cc1C(C)(C)C.[Br-]. The summed E-state index contributed by atoms with van der Waals surface area (Å²) in [5.74, 6) is 1.11. The molecule has 0 aliphatic heterocycles. The van der Waals surface area contributed by atoms with E-state index in [1.54, 1.807) is 11.3 Å². The highest BCUT2D eigenvalue weighted by molar-refractivity contribution is 7.09. The van der Waals surface area contributed by atoms with Crippen LogP contribution in [-0.2, 0) is 23.3 Å². The number of benzene rings is 2. The van der Waals surface area contributed by atoms with Crippen molar-refractivity contribution in [3.63, 3.8) is 0 Å². The molecule has 0 fully saturated rings. The van der Waals surface area contributed by atoms with Gasteiger partial charge in [0.25, 0.3) is 0 Å². The molecule has 3 aromatic rings. The van der Waals surface area contributed by atoms with Crippen molar-refractivity contribution in [3.05, 3.63) is 75.7 Å². The Morgan fingerprint density at radius 3 is 1.93 bits per heavy atom. The molecule has 0 unspecified atom stereocenters. The van der Waals surface area contributed by atoms with E-state index in [9.17, 15) is 4.79 Å². The lowest BCUT2D eigenvalue weighted by atomic mass is 9.85. The Morgan fingerprint density at radius 1 is 0.822 bits per heavy atom. The molecular weight excluding hydrogens is 640 g/mol. The minimum atomic E-state index is -0.0548. The highest BCUT2D eigenvalue weighted by atomic mass is 79.9. The van der Waals surface area contributed by atoms with Crippen molar-refractivity contribution in [1.82, 2.24) is 0 Å². The number of ether oxygens (including phenoxy) is 1. The molecule has 2 aromatic carbocycles. The van der Waals surface area contributed by atoms with Crippen molar-refractivity contribution >= 4 is 22.9 Å². The van der Waals surface area contributed by atoms with Crippen molar-refractivity contribution in [2.45, 2.75) is 144 Å². The van der Waals surface area contributed by atoms with Crippen molar-refractivity contribution in [1.29, 1.82) is 0 Å². The lowest BCUT2D eigenvalue weighted by Gasteiger charge is -2.26. The van der Waals surface area contributed by atoms with Crippen LogP contribution in [0.15, 0.2) is 54.2 Å². The maximum atomic E-state index is 13.1. The van der Waals surface area contributed by atoms with E-state index in [-0.39, 0.29) is 28.3 Å². The molecule has 0 radical (unpaired) electrons. The molecule has 3 rings (SSSR count). The smallest absolute Gasteiger partial charge is 0.227 e. The molecule has 0 N–H and O–H groups in total.